The van der Waals surface area contributed by atoms with Crippen LogP contribution in [0.15, 0.2) is 48.5 Å². The molecular weight excluding hydrogens is 196 g/mol. The van der Waals surface area contributed by atoms with Crippen molar-refractivity contribution in [2.75, 3.05) is 6.61 Å². The molecule has 0 aliphatic rings. The van der Waals surface area contributed by atoms with E-state index in [4.69, 9.17) is 4.74 Å². The van der Waals surface area contributed by atoms with Gasteiger partial charge in [0.05, 0.1) is 6.61 Å². The average molecular weight is 211 g/mol. The molecule has 0 amide bonds. The molecule has 0 saturated carbocycles. The minimum Gasteiger partial charge on any atom is -0.493 e. The van der Waals surface area contributed by atoms with Crippen LogP contribution in [0.3, 0.4) is 0 Å². The van der Waals surface area contributed by atoms with E-state index in [-0.39, 0.29) is 0 Å². The standard InChI is InChI=1S/C15H15O/c1-3-16-15-7-5-4-6-14(15)13-10-8-12(2)9-11-13/h4-11H,2-3H2,1H3. The van der Waals surface area contributed by atoms with E-state index >= 15 is 0 Å². The van der Waals surface area contributed by atoms with Gasteiger partial charge < -0.3 is 4.74 Å². The molecule has 0 aliphatic carbocycles. The fraction of sp³-hybridized carbons (Fsp3) is 0.133. The second kappa shape index (κ2) is 4.84. The largest absolute Gasteiger partial charge is 0.493 e. The van der Waals surface area contributed by atoms with Gasteiger partial charge in [-0.15, -0.1) is 0 Å². The molecule has 0 bridgehead atoms. The molecule has 81 valence electrons. The third-order valence-electron chi connectivity index (χ3n) is 2.45. The Kier molecular flexibility index (Phi) is 3.25. The molecule has 0 saturated heterocycles. The van der Waals surface area contributed by atoms with Crippen molar-refractivity contribution in [2.24, 2.45) is 0 Å². The van der Waals surface area contributed by atoms with E-state index in [1.165, 1.54) is 0 Å². The highest BCUT2D eigenvalue weighted by molar-refractivity contribution is 5.70. The Labute approximate surface area is 96.7 Å². The SMILES string of the molecule is [CH2]c1ccc(-c2ccccc2OCC)cc1. The molecule has 0 N–H and O–H groups in total. The summed E-state index contributed by atoms with van der Waals surface area (Å²) in [5, 5.41) is 0. The molecule has 0 spiro atoms. The van der Waals surface area contributed by atoms with Gasteiger partial charge in [0.15, 0.2) is 0 Å². The predicted octanol–water partition coefficient (Wildman–Crippen LogP) is 3.93. The smallest absolute Gasteiger partial charge is 0.127 e. The molecule has 0 aliphatic heterocycles. The fourth-order valence-electron chi connectivity index (χ4n) is 1.67. The molecule has 2 aromatic carbocycles. The van der Waals surface area contributed by atoms with Crippen molar-refractivity contribution in [3.05, 3.63) is 61.0 Å². The van der Waals surface area contributed by atoms with Crippen LogP contribution in [-0.2, 0) is 0 Å². The number of ether oxygens (including phenoxy) is 1. The minimum absolute atomic E-state index is 0.685. The van der Waals surface area contributed by atoms with Crippen molar-refractivity contribution >= 4 is 0 Å². The van der Waals surface area contributed by atoms with Crippen molar-refractivity contribution in [1.82, 2.24) is 0 Å². The molecule has 2 rings (SSSR count). The lowest BCUT2D eigenvalue weighted by atomic mass is 10.0. The molecule has 2 aromatic rings. The van der Waals surface area contributed by atoms with Crippen molar-refractivity contribution < 1.29 is 4.74 Å². The van der Waals surface area contributed by atoms with Gasteiger partial charge in [0, 0.05) is 5.56 Å². The monoisotopic (exact) mass is 211 g/mol. The molecule has 1 nitrogen and oxygen atoms in total. The zero-order valence-corrected chi connectivity index (χ0v) is 9.44. The summed E-state index contributed by atoms with van der Waals surface area (Å²) in [5.41, 5.74) is 3.32. The number of para-hydroxylation sites is 1. The van der Waals surface area contributed by atoms with Crippen LogP contribution >= 0.6 is 0 Å². The lowest BCUT2D eigenvalue weighted by molar-refractivity contribution is 0.341. The summed E-state index contributed by atoms with van der Waals surface area (Å²) in [6, 6.07) is 16.2. The number of hydrogen-bond donors (Lipinski definition) is 0. The van der Waals surface area contributed by atoms with E-state index in [9.17, 15) is 0 Å². The highest BCUT2D eigenvalue weighted by atomic mass is 16.5. The average Bonchev–Trinajstić information content (AvgIpc) is 2.32. The van der Waals surface area contributed by atoms with E-state index < -0.39 is 0 Å². The third kappa shape index (κ3) is 2.25. The minimum atomic E-state index is 0.685. The van der Waals surface area contributed by atoms with E-state index in [0.29, 0.717) is 6.61 Å². The van der Waals surface area contributed by atoms with E-state index in [1.807, 2.05) is 37.3 Å². The fourth-order valence-corrected chi connectivity index (χ4v) is 1.67. The van der Waals surface area contributed by atoms with Gasteiger partial charge in [-0.2, -0.15) is 0 Å². The van der Waals surface area contributed by atoms with Crippen LogP contribution in [0.25, 0.3) is 11.1 Å². The van der Waals surface area contributed by atoms with Crippen molar-refractivity contribution in [3.63, 3.8) is 0 Å². The number of benzene rings is 2. The topological polar surface area (TPSA) is 9.23 Å². The second-order valence-electron chi connectivity index (χ2n) is 3.63. The summed E-state index contributed by atoms with van der Waals surface area (Å²) in [4.78, 5) is 0. The van der Waals surface area contributed by atoms with Gasteiger partial charge in [-0.1, -0.05) is 42.5 Å². The molecule has 1 heteroatoms. The van der Waals surface area contributed by atoms with E-state index in [2.05, 4.69) is 25.1 Å². The highest BCUT2D eigenvalue weighted by Crippen LogP contribution is 2.29. The van der Waals surface area contributed by atoms with Gasteiger partial charge in [-0.25, -0.2) is 0 Å². The zero-order valence-electron chi connectivity index (χ0n) is 9.44. The summed E-state index contributed by atoms with van der Waals surface area (Å²) in [5.74, 6) is 0.932. The van der Waals surface area contributed by atoms with Crippen LogP contribution in [0.5, 0.6) is 5.75 Å². The Morgan fingerprint density at radius 2 is 1.69 bits per heavy atom. The molecule has 0 unspecified atom stereocenters. The maximum Gasteiger partial charge on any atom is 0.127 e. The maximum atomic E-state index is 5.61. The molecule has 0 heterocycles. The lowest BCUT2D eigenvalue weighted by Gasteiger charge is -2.10. The zero-order chi connectivity index (χ0) is 11.4. The molecule has 0 aromatic heterocycles. The maximum absolute atomic E-state index is 5.61. The third-order valence-corrected chi connectivity index (χ3v) is 2.45. The van der Waals surface area contributed by atoms with Crippen LogP contribution in [0.2, 0.25) is 0 Å². The summed E-state index contributed by atoms with van der Waals surface area (Å²) in [6.45, 7) is 6.56. The Morgan fingerprint density at radius 1 is 1.00 bits per heavy atom. The number of hydrogen-bond acceptors (Lipinski definition) is 1. The van der Waals surface area contributed by atoms with Crippen LogP contribution in [0.1, 0.15) is 12.5 Å². The van der Waals surface area contributed by atoms with Crippen LogP contribution in [-0.4, -0.2) is 6.61 Å². The van der Waals surface area contributed by atoms with Gasteiger partial charge in [-0.3, -0.25) is 0 Å². The quantitative estimate of drug-likeness (QED) is 0.747. The first kappa shape index (κ1) is 10.7. The Morgan fingerprint density at radius 3 is 2.38 bits per heavy atom. The molecule has 16 heavy (non-hydrogen) atoms. The second-order valence-corrected chi connectivity index (χ2v) is 3.63. The molecule has 1 radical (unpaired) electrons. The van der Waals surface area contributed by atoms with Crippen LogP contribution in [0.4, 0.5) is 0 Å². The van der Waals surface area contributed by atoms with Crippen molar-refractivity contribution in [2.45, 2.75) is 6.92 Å². The first-order chi connectivity index (χ1) is 7.81. The first-order valence-corrected chi connectivity index (χ1v) is 5.45. The summed E-state index contributed by atoms with van der Waals surface area (Å²) < 4.78 is 5.61. The van der Waals surface area contributed by atoms with Gasteiger partial charge in [-0.05, 0) is 31.0 Å². The van der Waals surface area contributed by atoms with E-state index in [1.54, 1.807) is 0 Å². The molecular formula is C15H15O. The number of rotatable bonds is 3. The van der Waals surface area contributed by atoms with Crippen LogP contribution in [0, 0.1) is 6.92 Å². The van der Waals surface area contributed by atoms with Gasteiger partial charge in [0.2, 0.25) is 0 Å². The van der Waals surface area contributed by atoms with Gasteiger partial charge >= 0.3 is 0 Å². The van der Waals surface area contributed by atoms with Crippen molar-refractivity contribution in [1.29, 1.82) is 0 Å². The molecule has 0 atom stereocenters. The van der Waals surface area contributed by atoms with Crippen LogP contribution < -0.4 is 4.74 Å². The Balaban J connectivity index is 2.42. The van der Waals surface area contributed by atoms with Crippen molar-refractivity contribution in [3.8, 4) is 16.9 Å². The Hall–Kier alpha value is -1.76. The predicted molar refractivity (Wildman–Crippen MR) is 67.5 cm³/mol. The Bertz CT molecular complexity index is 457. The summed E-state index contributed by atoms with van der Waals surface area (Å²) in [7, 11) is 0. The van der Waals surface area contributed by atoms with Gasteiger partial charge in [0.25, 0.3) is 0 Å². The normalized spacial score (nSPS) is 10.1. The summed E-state index contributed by atoms with van der Waals surface area (Å²) >= 11 is 0. The highest BCUT2D eigenvalue weighted by Gasteiger charge is 2.04. The summed E-state index contributed by atoms with van der Waals surface area (Å²) in [6.07, 6.45) is 0. The first-order valence-electron chi connectivity index (χ1n) is 5.45. The molecule has 0 fully saturated rings. The van der Waals surface area contributed by atoms with Gasteiger partial charge in [0.1, 0.15) is 5.75 Å². The van der Waals surface area contributed by atoms with E-state index in [0.717, 1.165) is 22.4 Å². The lowest BCUT2D eigenvalue weighted by Crippen LogP contribution is -1.93.